The summed E-state index contributed by atoms with van der Waals surface area (Å²) in [5.74, 6) is -1.43. The third-order valence-corrected chi connectivity index (χ3v) is 6.57. The lowest BCUT2D eigenvalue weighted by molar-refractivity contribution is -0.134. The van der Waals surface area contributed by atoms with E-state index in [9.17, 15) is 22.4 Å². The number of carbonyl (C=O) groups excluding carboxylic acids is 1. The Morgan fingerprint density at radius 3 is 2.30 bits per heavy atom. The van der Waals surface area contributed by atoms with Gasteiger partial charge in [0.05, 0.1) is 11.9 Å². The fourth-order valence-electron chi connectivity index (χ4n) is 4.68. The van der Waals surface area contributed by atoms with Crippen molar-refractivity contribution in [1.82, 2.24) is 15.0 Å². The minimum Gasteiger partial charge on any atom is -0.301 e. The molecule has 9 heteroatoms. The highest BCUT2D eigenvalue weighted by Crippen LogP contribution is 2.35. The van der Waals surface area contributed by atoms with E-state index in [0.29, 0.717) is 10.6 Å². The second-order valence-corrected chi connectivity index (χ2v) is 9.10. The van der Waals surface area contributed by atoms with E-state index >= 15 is 0 Å². The number of aromatic nitrogens is 3. The molecule has 1 aliphatic heterocycles. The number of rotatable bonds is 6. The maximum absolute atomic E-state index is 14.5. The van der Waals surface area contributed by atoms with Crippen molar-refractivity contribution in [3.8, 4) is 11.3 Å². The third-order valence-electron chi connectivity index (χ3n) is 6.57. The van der Waals surface area contributed by atoms with Crippen LogP contribution in [0.2, 0.25) is 0 Å². The fourth-order valence-corrected chi connectivity index (χ4v) is 4.68. The Morgan fingerprint density at radius 1 is 0.892 bits per heavy atom. The first kappa shape index (κ1) is 24.7. The molecule has 4 aromatic rings. The van der Waals surface area contributed by atoms with Gasteiger partial charge < -0.3 is 4.90 Å². The summed E-state index contributed by atoms with van der Waals surface area (Å²) in [6.07, 6.45) is -1.11. The highest BCUT2D eigenvalue weighted by molar-refractivity contribution is 5.97. The van der Waals surface area contributed by atoms with Gasteiger partial charge in [-0.05, 0) is 48.9 Å². The zero-order valence-electron chi connectivity index (χ0n) is 19.8. The molecular weight excluding hydrogens is 484 g/mol. The van der Waals surface area contributed by atoms with E-state index in [0.717, 1.165) is 24.0 Å². The summed E-state index contributed by atoms with van der Waals surface area (Å²) in [4.78, 5) is 13.9. The van der Waals surface area contributed by atoms with Crippen LogP contribution in [0.3, 0.4) is 0 Å². The van der Waals surface area contributed by atoms with E-state index in [1.165, 1.54) is 28.4 Å². The number of alkyl halides is 3. The number of fused-ring (bicyclic) bond motifs is 1. The number of nitrogens with zero attached hydrogens (tertiary/aromatic N) is 4. The predicted octanol–water partition coefficient (Wildman–Crippen LogP) is 5.95. The van der Waals surface area contributed by atoms with Crippen LogP contribution in [0.5, 0.6) is 0 Å². The largest absolute Gasteiger partial charge is 0.406 e. The topological polar surface area (TPSA) is 51.0 Å². The van der Waals surface area contributed by atoms with Crippen LogP contribution < -0.4 is 4.90 Å². The van der Waals surface area contributed by atoms with Crippen LogP contribution >= 0.6 is 0 Å². The molecule has 0 saturated carbocycles. The van der Waals surface area contributed by atoms with Crippen LogP contribution in [0.4, 0.5) is 23.2 Å². The molecule has 0 aliphatic carbocycles. The summed E-state index contributed by atoms with van der Waals surface area (Å²) in [6, 6.07) is 20.8. The number of benzene rings is 3. The number of hydrogen-bond donors (Lipinski definition) is 0. The molecule has 5 rings (SSSR count). The zero-order valence-corrected chi connectivity index (χ0v) is 19.8. The molecule has 1 amide bonds. The van der Waals surface area contributed by atoms with Gasteiger partial charge in [0.25, 0.3) is 5.91 Å². The lowest BCUT2D eigenvalue weighted by atomic mass is 10.0. The molecule has 0 fully saturated rings. The van der Waals surface area contributed by atoms with Crippen LogP contribution in [0, 0.1) is 5.82 Å². The van der Waals surface area contributed by atoms with Crippen molar-refractivity contribution in [3.05, 3.63) is 102 Å². The molecule has 0 saturated heterocycles. The van der Waals surface area contributed by atoms with E-state index in [-0.39, 0.29) is 24.1 Å². The fraction of sp³-hybridized carbons (Fsp3) is 0.250. The zero-order chi connectivity index (χ0) is 26.0. The van der Waals surface area contributed by atoms with Gasteiger partial charge in [0.1, 0.15) is 24.1 Å². The summed E-state index contributed by atoms with van der Waals surface area (Å²) < 4.78 is 55.8. The molecule has 1 atom stereocenters. The standard InChI is InChI=1S/C28H24F4N4O/c29-23-7-4-8-25-22(23)15-16-26(27(37)35(25)18-28(30,31)32)36-17-24(33-34-36)21-13-11-20(12-14-21)10-9-19-5-2-1-3-6-19/h1-8,11-14,17,26H,9-10,15-16,18H2. The molecule has 1 unspecified atom stereocenters. The summed E-state index contributed by atoms with van der Waals surface area (Å²) >= 11 is 0. The van der Waals surface area contributed by atoms with Gasteiger partial charge in [0.15, 0.2) is 0 Å². The smallest absolute Gasteiger partial charge is 0.301 e. The SMILES string of the molecule is O=C1C(n2cc(-c3ccc(CCc4ccccc4)cc3)nn2)CCc2c(F)cccc2N1CC(F)(F)F. The Bertz CT molecular complexity index is 1380. The van der Waals surface area contributed by atoms with Gasteiger partial charge in [0.2, 0.25) is 0 Å². The van der Waals surface area contributed by atoms with E-state index in [4.69, 9.17) is 0 Å². The summed E-state index contributed by atoms with van der Waals surface area (Å²) in [7, 11) is 0. The summed E-state index contributed by atoms with van der Waals surface area (Å²) in [6.45, 7) is -1.51. The van der Waals surface area contributed by atoms with Crippen molar-refractivity contribution in [2.24, 2.45) is 0 Å². The average Bonchev–Trinajstić information content (AvgIpc) is 3.32. The van der Waals surface area contributed by atoms with Gasteiger partial charge in [-0.25, -0.2) is 9.07 Å². The first-order valence-corrected chi connectivity index (χ1v) is 12.0. The van der Waals surface area contributed by atoms with Crippen LogP contribution in [0.15, 0.2) is 79.0 Å². The van der Waals surface area contributed by atoms with Gasteiger partial charge in [-0.2, -0.15) is 13.2 Å². The number of halogens is 4. The van der Waals surface area contributed by atoms with E-state index < -0.39 is 30.5 Å². The second kappa shape index (κ2) is 10.2. The predicted molar refractivity (Wildman–Crippen MR) is 131 cm³/mol. The number of hydrogen-bond acceptors (Lipinski definition) is 3. The molecule has 37 heavy (non-hydrogen) atoms. The molecule has 1 aromatic heterocycles. The van der Waals surface area contributed by atoms with Crippen molar-refractivity contribution in [3.63, 3.8) is 0 Å². The van der Waals surface area contributed by atoms with Crippen molar-refractivity contribution in [2.75, 3.05) is 11.4 Å². The van der Waals surface area contributed by atoms with E-state index in [1.807, 2.05) is 42.5 Å². The van der Waals surface area contributed by atoms with E-state index in [2.05, 4.69) is 22.4 Å². The molecular formula is C28H24F4N4O. The van der Waals surface area contributed by atoms with Crippen LogP contribution in [0.25, 0.3) is 11.3 Å². The van der Waals surface area contributed by atoms with Crippen LogP contribution in [-0.4, -0.2) is 33.6 Å². The van der Waals surface area contributed by atoms with Crippen molar-refractivity contribution in [2.45, 2.75) is 37.9 Å². The molecule has 0 N–H and O–H groups in total. The molecule has 0 spiro atoms. The molecule has 0 bridgehead atoms. The molecule has 2 heterocycles. The number of amides is 1. The first-order chi connectivity index (χ1) is 17.8. The van der Waals surface area contributed by atoms with Crippen molar-refractivity contribution >= 4 is 11.6 Å². The number of carbonyl (C=O) groups is 1. The number of anilines is 1. The quantitative estimate of drug-likeness (QED) is 0.303. The summed E-state index contributed by atoms with van der Waals surface area (Å²) in [5, 5.41) is 8.23. The van der Waals surface area contributed by atoms with Crippen molar-refractivity contribution < 1.29 is 22.4 Å². The Hall–Kier alpha value is -4.01. The van der Waals surface area contributed by atoms with Gasteiger partial charge in [0, 0.05) is 11.1 Å². The summed E-state index contributed by atoms with van der Waals surface area (Å²) in [5.41, 5.74) is 3.71. The number of aryl methyl sites for hydroxylation is 2. The van der Waals surface area contributed by atoms with Gasteiger partial charge in [-0.15, -0.1) is 5.10 Å². The first-order valence-electron chi connectivity index (χ1n) is 12.0. The van der Waals surface area contributed by atoms with Crippen LogP contribution in [0.1, 0.15) is 29.2 Å². The monoisotopic (exact) mass is 508 g/mol. The normalized spacial score (nSPS) is 15.9. The average molecular weight is 509 g/mol. The van der Waals surface area contributed by atoms with E-state index in [1.54, 1.807) is 6.20 Å². The lowest BCUT2D eigenvalue weighted by Crippen LogP contribution is -2.42. The van der Waals surface area contributed by atoms with Crippen LogP contribution in [-0.2, 0) is 24.1 Å². The molecule has 3 aromatic carbocycles. The van der Waals surface area contributed by atoms with Gasteiger partial charge >= 0.3 is 6.18 Å². The minimum atomic E-state index is -4.65. The maximum atomic E-state index is 14.5. The Kier molecular flexibility index (Phi) is 6.78. The maximum Gasteiger partial charge on any atom is 0.406 e. The van der Waals surface area contributed by atoms with Gasteiger partial charge in [-0.3, -0.25) is 4.79 Å². The highest BCUT2D eigenvalue weighted by atomic mass is 19.4. The highest BCUT2D eigenvalue weighted by Gasteiger charge is 2.40. The molecule has 5 nitrogen and oxygen atoms in total. The Balaban J connectivity index is 1.35. The Morgan fingerprint density at radius 2 is 1.59 bits per heavy atom. The Labute approximate surface area is 211 Å². The third kappa shape index (κ3) is 5.55. The molecule has 190 valence electrons. The second-order valence-electron chi connectivity index (χ2n) is 9.10. The van der Waals surface area contributed by atoms with Crippen molar-refractivity contribution in [1.29, 1.82) is 0 Å². The van der Waals surface area contributed by atoms with Gasteiger partial charge in [-0.1, -0.05) is 65.9 Å². The minimum absolute atomic E-state index is 0.0590. The lowest BCUT2D eigenvalue weighted by Gasteiger charge is -2.26. The molecule has 0 radical (unpaired) electrons. The molecule has 1 aliphatic rings.